The van der Waals surface area contributed by atoms with Crippen LogP contribution >= 0.6 is 0 Å². The lowest BCUT2D eigenvalue weighted by atomic mass is 9.74. The van der Waals surface area contributed by atoms with Crippen molar-refractivity contribution in [1.82, 2.24) is 5.32 Å². The van der Waals surface area contributed by atoms with Crippen molar-refractivity contribution in [3.8, 4) is 5.75 Å². The van der Waals surface area contributed by atoms with Crippen LogP contribution in [0.2, 0.25) is 0 Å². The Bertz CT molecular complexity index is 606. The molecule has 1 aromatic rings. The molecule has 6 nitrogen and oxygen atoms in total. The number of nitrogens with one attached hydrogen (secondary N) is 1. The lowest BCUT2D eigenvalue weighted by molar-refractivity contribution is -0.140. The Labute approximate surface area is 141 Å². The summed E-state index contributed by atoms with van der Waals surface area (Å²) in [7, 11) is 1.63. The molecule has 1 aromatic carbocycles. The molecular weight excluding hydrogens is 310 g/mol. The van der Waals surface area contributed by atoms with Gasteiger partial charge in [-0.3, -0.25) is 9.59 Å². The fourth-order valence-electron chi connectivity index (χ4n) is 3.42. The van der Waals surface area contributed by atoms with E-state index in [9.17, 15) is 9.59 Å². The summed E-state index contributed by atoms with van der Waals surface area (Å²) in [5.74, 6) is -1.13. The zero-order valence-corrected chi connectivity index (χ0v) is 13.8. The third kappa shape index (κ3) is 3.38. The monoisotopic (exact) mass is 333 g/mol. The molecule has 3 rings (SSSR count). The van der Waals surface area contributed by atoms with Crippen LogP contribution < -0.4 is 10.1 Å². The summed E-state index contributed by atoms with van der Waals surface area (Å²) in [6.07, 6.45) is 2.10. The zero-order chi connectivity index (χ0) is 17.2. The van der Waals surface area contributed by atoms with Crippen LogP contribution in [0.4, 0.5) is 0 Å². The molecule has 2 aliphatic rings. The Kier molecular flexibility index (Phi) is 4.76. The molecular formula is C18H23NO5. The Morgan fingerprint density at radius 2 is 1.92 bits per heavy atom. The number of hydrogen-bond donors (Lipinski definition) is 2. The first-order chi connectivity index (χ1) is 11.6. The van der Waals surface area contributed by atoms with E-state index in [4.69, 9.17) is 14.6 Å². The lowest BCUT2D eigenvalue weighted by Crippen LogP contribution is -2.45. The predicted molar refractivity (Wildman–Crippen MR) is 87.0 cm³/mol. The second-order valence-corrected chi connectivity index (χ2v) is 6.63. The molecule has 1 saturated heterocycles. The molecule has 130 valence electrons. The van der Waals surface area contributed by atoms with E-state index in [1.165, 1.54) is 0 Å². The zero-order valence-electron chi connectivity index (χ0n) is 13.8. The first kappa shape index (κ1) is 16.8. The van der Waals surface area contributed by atoms with Gasteiger partial charge >= 0.3 is 5.97 Å². The van der Waals surface area contributed by atoms with Gasteiger partial charge < -0.3 is 19.9 Å². The van der Waals surface area contributed by atoms with Crippen molar-refractivity contribution < 1.29 is 24.2 Å². The number of aliphatic carboxylic acids is 1. The van der Waals surface area contributed by atoms with Crippen LogP contribution in [0.5, 0.6) is 5.75 Å². The van der Waals surface area contributed by atoms with Gasteiger partial charge in [0.1, 0.15) is 5.75 Å². The maximum Gasteiger partial charge on any atom is 0.307 e. The fraction of sp³-hybridized carbons (Fsp3) is 0.556. The van der Waals surface area contributed by atoms with Gasteiger partial charge in [-0.25, -0.2) is 0 Å². The number of rotatable bonds is 6. The molecule has 1 aliphatic heterocycles. The van der Waals surface area contributed by atoms with E-state index < -0.39 is 11.9 Å². The van der Waals surface area contributed by atoms with E-state index in [0.29, 0.717) is 26.2 Å². The SMILES string of the molecule is COc1ccc(C2(CNC(=O)[C@H]3C[C@@H]3C(=O)O)CCOCC2)cc1. The molecule has 2 atom stereocenters. The smallest absolute Gasteiger partial charge is 0.307 e. The van der Waals surface area contributed by atoms with E-state index in [0.717, 1.165) is 24.2 Å². The van der Waals surface area contributed by atoms with Gasteiger partial charge in [-0.2, -0.15) is 0 Å². The molecule has 2 N–H and O–H groups in total. The van der Waals surface area contributed by atoms with Crippen LogP contribution in [-0.4, -0.2) is 43.9 Å². The summed E-state index contributed by atoms with van der Waals surface area (Å²) in [4.78, 5) is 23.1. The lowest BCUT2D eigenvalue weighted by Gasteiger charge is -2.38. The highest BCUT2D eigenvalue weighted by Crippen LogP contribution is 2.40. The maximum atomic E-state index is 12.2. The fourth-order valence-corrected chi connectivity index (χ4v) is 3.42. The number of carboxylic acid groups (broad SMARTS) is 1. The summed E-state index contributed by atoms with van der Waals surface area (Å²) >= 11 is 0. The number of methoxy groups -OCH3 is 1. The van der Waals surface area contributed by atoms with E-state index in [1.54, 1.807) is 7.11 Å². The summed E-state index contributed by atoms with van der Waals surface area (Å²) in [5, 5.41) is 11.9. The summed E-state index contributed by atoms with van der Waals surface area (Å²) in [6.45, 7) is 1.82. The van der Waals surface area contributed by atoms with E-state index in [2.05, 4.69) is 5.32 Å². The topological polar surface area (TPSA) is 84.9 Å². The number of hydrogen-bond acceptors (Lipinski definition) is 4. The number of carboxylic acids is 1. The van der Waals surface area contributed by atoms with Crippen molar-refractivity contribution in [1.29, 1.82) is 0 Å². The van der Waals surface area contributed by atoms with Gasteiger partial charge in [0.05, 0.1) is 18.9 Å². The molecule has 24 heavy (non-hydrogen) atoms. The van der Waals surface area contributed by atoms with Gasteiger partial charge in [-0.15, -0.1) is 0 Å². The quantitative estimate of drug-likeness (QED) is 0.826. The average molecular weight is 333 g/mol. The largest absolute Gasteiger partial charge is 0.497 e. The van der Waals surface area contributed by atoms with Gasteiger partial charge in [-0.1, -0.05) is 12.1 Å². The standard InChI is InChI=1S/C18H23NO5/c1-23-13-4-2-12(3-5-13)18(6-8-24-9-7-18)11-19-16(20)14-10-15(14)17(21)22/h2-5,14-15H,6-11H2,1H3,(H,19,20)(H,21,22)/t14-,15-/m0/s1. The van der Waals surface area contributed by atoms with Crippen LogP contribution in [-0.2, 0) is 19.7 Å². The average Bonchev–Trinajstić information content (AvgIpc) is 3.42. The van der Waals surface area contributed by atoms with Crippen LogP contribution in [0, 0.1) is 11.8 Å². The second-order valence-electron chi connectivity index (χ2n) is 6.63. The third-order valence-electron chi connectivity index (χ3n) is 5.20. The number of carbonyl (C=O) groups excluding carboxylic acids is 1. The molecule has 1 amide bonds. The van der Waals surface area contributed by atoms with Crippen molar-refractivity contribution in [3.05, 3.63) is 29.8 Å². The summed E-state index contributed by atoms with van der Waals surface area (Å²) in [5.41, 5.74) is 0.978. The van der Waals surface area contributed by atoms with E-state index in [1.807, 2.05) is 24.3 Å². The normalized spacial score (nSPS) is 24.9. The van der Waals surface area contributed by atoms with E-state index in [-0.39, 0.29) is 17.2 Å². The summed E-state index contributed by atoms with van der Waals surface area (Å²) in [6, 6.07) is 7.92. The van der Waals surface area contributed by atoms with E-state index >= 15 is 0 Å². The highest BCUT2D eigenvalue weighted by atomic mass is 16.5. The van der Waals surface area contributed by atoms with Crippen molar-refractivity contribution >= 4 is 11.9 Å². The first-order valence-electron chi connectivity index (χ1n) is 8.28. The van der Waals surface area contributed by atoms with Crippen molar-refractivity contribution in [3.63, 3.8) is 0 Å². The highest BCUT2D eigenvalue weighted by molar-refractivity contribution is 5.89. The Balaban J connectivity index is 1.69. The Morgan fingerprint density at radius 1 is 1.25 bits per heavy atom. The highest BCUT2D eigenvalue weighted by Gasteiger charge is 2.48. The number of ether oxygens (including phenoxy) is 2. The number of carbonyl (C=O) groups is 2. The Morgan fingerprint density at radius 3 is 2.46 bits per heavy atom. The molecule has 0 spiro atoms. The molecule has 2 fully saturated rings. The van der Waals surface area contributed by atoms with Gasteiger partial charge in [-0.05, 0) is 37.0 Å². The minimum Gasteiger partial charge on any atom is -0.497 e. The number of amides is 1. The van der Waals surface area contributed by atoms with Gasteiger partial charge in [0, 0.05) is 25.2 Å². The van der Waals surface area contributed by atoms with Gasteiger partial charge in [0.2, 0.25) is 5.91 Å². The van der Waals surface area contributed by atoms with Gasteiger partial charge in [0.25, 0.3) is 0 Å². The van der Waals surface area contributed by atoms with Crippen LogP contribution in [0.25, 0.3) is 0 Å². The van der Waals surface area contributed by atoms with Gasteiger partial charge in [0.15, 0.2) is 0 Å². The predicted octanol–water partition coefficient (Wildman–Crippen LogP) is 1.58. The number of benzene rings is 1. The Hall–Kier alpha value is -2.08. The van der Waals surface area contributed by atoms with Crippen LogP contribution in [0.1, 0.15) is 24.8 Å². The summed E-state index contributed by atoms with van der Waals surface area (Å²) < 4.78 is 10.7. The van der Waals surface area contributed by atoms with Crippen molar-refractivity contribution in [2.75, 3.05) is 26.9 Å². The molecule has 1 heterocycles. The van der Waals surface area contributed by atoms with Crippen molar-refractivity contribution in [2.45, 2.75) is 24.7 Å². The molecule has 0 bridgehead atoms. The molecule has 6 heteroatoms. The van der Waals surface area contributed by atoms with Crippen LogP contribution in [0.3, 0.4) is 0 Å². The first-order valence-corrected chi connectivity index (χ1v) is 8.28. The van der Waals surface area contributed by atoms with Crippen molar-refractivity contribution in [2.24, 2.45) is 11.8 Å². The minimum absolute atomic E-state index is 0.151. The molecule has 0 aromatic heterocycles. The molecule has 1 saturated carbocycles. The molecule has 0 radical (unpaired) electrons. The molecule has 0 unspecified atom stereocenters. The maximum absolute atomic E-state index is 12.2. The molecule has 1 aliphatic carbocycles. The third-order valence-corrected chi connectivity index (χ3v) is 5.20. The second kappa shape index (κ2) is 6.81. The minimum atomic E-state index is -0.883. The van der Waals surface area contributed by atoms with Crippen LogP contribution in [0.15, 0.2) is 24.3 Å².